The number of hydrogen-bond donors (Lipinski definition) is 0. The van der Waals surface area contributed by atoms with Gasteiger partial charge in [-0.05, 0) is 0 Å². The van der Waals surface area contributed by atoms with Crippen LogP contribution in [0.1, 0.15) is 126 Å². The van der Waals surface area contributed by atoms with Gasteiger partial charge in [0.2, 0.25) is 0 Å². The monoisotopic (exact) mass is 592 g/mol. The summed E-state index contributed by atoms with van der Waals surface area (Å²) >= 11 is -2.99. The van der Waals surface area contributed by atoms with Gasteiger partial charge in [-0.1, -0.05) is 0 Å². The van der Waals surface area contributed by atoms with Crippen LogP contribution in [0.5, 0.6) is 0 Å². The maximum atomic E-state index is 14.3. The molecule has 0 spiro atoms. The molecule has 3 rings (SSSR count). The molecule has 0 saturated heterocycles. The average molecular weight is 592 g/mol. The van der Waals surface area contributed by atoms with E-state index in [1.54, 1.807) is 11.1 Å². The molecular weight excluding hydrogens is 535 g/mol. The fraction of sp³-hybridized carbons (Fsp3) is 0.844. The first-order valence-corrected chi connectivity index (χ1v) is 22.5. The Morgan fingerprint density at radius 2 is 1.63 bits per heavy atom. The zero-order chi connectivity index (χ0) is 25.7. The van der Waals surface area contributed by atoms with Crippen LogP contribution in [0, 0.1) is 28.6 Å². The van der Waals surface area contributed by atoms with E-state index in [0.29, 0.717) is 17.8 Å². The molecule has 0 heterocycles. The summed E-state index contributed by atoms with van der Waals surface area (Å²) in [5, 5.41) is 0. The molecule has 0 aliphatic heterocycles. The molecule has 4 atom stereocenters. The van der Waals surface area contributed by atoms with Crippen LogP contribution in [0.15, 0.2) is 23.3 Å². The molecule has 0 unspecified atom stereocenters. The standard InChI is InChI=1S/C20H30O2.3C4H9.Sn/c1-13(2)14-6-8-16-15(12-14)7-9-17-19(16,3)10-5-11-20(17,4)18(21)22;3*1-3-4-2;/h7,12-13,16-17H,5-6,8-11H2,1-4H3,(H,21,22);3*1,3-4H2,2H3;/q;;;;+1/p-1/t16-,17+,19+,20-;;;;/m0..../s1. The van der Waals surface area contributed by atoms with Crippen molar-refractivity contribution in [1.82, 2.24) is 0 Å². The second-order valence-corrected chi connectivity index (χ2v) is 24.7. The molecule has 0 aromatic heterocycles. The van der Waals surface area contributed by atoms with Gasteiger partial charge < -0.3 is 0 Å². The topological polar surface area (TPSA) is 26.3 Å². The summed E-state index contributed by atoms with van der Waals surface area (Å²) in [5.41, 5.74) is 3.11. The van der Waals surface area contributed by atoms with Crippen molar-refractivity contribution in [2.24, 2.45) is 28.6 Å². The van der Waals surface area contributed by atoms with Crippen molar-refractivity contribution in [3.05, 3.63) is 23.3 Å². The quantitative estimate of drug-likeness (QED) is 0.211. The van der Waals surface area contributed by atoms with Gasteiger partial charge in [0.05, 0.1) is 0 Å². The SMILES string of the molecule is CCC[CH2][Sn]([CH2]CCC)([CH2]CCC)[O]C(=O)[C@@]1(C)CCC[C@@]2(C)[C@H]1CC=C1C=C(C(C)C)CC[C@@H]12. The molecule has 0 aromatic carbocycles. The Kier molecular flexibility index (Phi) is 10.5. The second-order valence-electron chi connectivity index (χ2n) is 13.1. The molecule has 3 heteroatoms. The van der Waals surface area contributed by atoms with Crippen molar-refractivity contribution in [1.29, 1.82) is 0 Å². The predicted molar refractivity (Wildman–Crippen MR) is 153 cm³/mol. The molecule has 3 aliphatic rings. The molecule has 0 aromatic rings. The second kappa shape index (κ2) is 12.5. The van der Waals surface area contributed by atoms with Gasteiger partial charge in [-0.25, -0.2) is 0 Å². The summed E-state index contributed by atoms with van der Waals surface area (Å²) in [6, 6.07) is 0. The molecule has 2 nitrogen and oxygen atoms in total. The van der Waals surface area contributed by atoms with Crippen molar-refractivity contribution in [3.8, 4) is 0 Å². The van der Waals surface area contributed by atoms with Crippen LogP contribution in [-0.2, 0) is 7.87 Å². The molecule has 0 radical (unpaired) electrons. The number of rotatable bonds is 12. The zero-order valence-electron chi connectivity index (χ0n) is 24.3. The fourth-order valence-corrected chi connectivity index (χ4v) is 21.3. The molecule has 1 saturated carbocycles. The van der Waals surface area contributed by atoms with E-state index in [1.165, 1.54) is 77.5 Å². The van der Waals surface area contributed by atoms with Crippen molar-refractivity contribution >= 4 is 24.8 Å². The summed E-state index contributed by atoms with van der Waals surface area (Å²) in [4.78, 5) is 14.3. The van der Waals surface area contributed by atoms with Crippen LogP contribution in [0.3, 0.4) is 0 Å². The van der Waals surface area contributed by atoms with Crippen LogP contribution in [0.4, 0.5) is 0 Å². The van der Waals surface area contributed by atoms with Crippen LogP contribution < -0.4 is 0 Å². The van der Waals surface area contributed by atoms with Crippen LogP contribution in [0.2, 0.25) is 13.3 Å². The zero-order valence-corrected chi connectivity index (χ0v) is 27.2. The van der Waals surface area contributed by atoms with Gasteiger partial charge in [0.1, 0.15) is 0 Å². The minimum absolute atomic E-state index is 0.221. The van der Waals surface area contributed by atoms with E-state index in [0.717, 1.165) is 12.8 Å². The maximum absolute atomic E-state index is 14.3. The van der Waals surface area contributed by atoms with Gasteiger partial charge in [-0.2, -0.15) is 0 Å². The molecular formula is C32H56O2Sn. The Labute approximate surface area is 222 Å². The Morgan fingerprint density at radius 1 is 1.03 bits per heavy atom. The van der Waals surface area contributed by atoms with Crippen LogP contribution in [0.25, 0.3) is 0 Å². The molecule has 0 bridgehead atoms. The van der Waals surface area contributed by atoms with Crippen molar-refractivity contribution in [3.63, 3.8) is 0 Å². The summed E-state index contributed by atoms with van der Waals surface area (Å²) in [7, 11) is 0. The average Bonchev–Trinajstić information content (AvgIpc) is 2.84. The first-order valence-electron chi connectivity index (χ1n) is 15.3. The minimum atomic E-state index is -2.99. The van der Waals surface area contributed by atoms with E-state index in [4.69, 9.17) is 3.07 Å². The number of unbranched alkanes of at least 4 members (excludes halogenated alkanes) is 3. The van der Waals surface area contributed by atoms with Crippen LogP contribution in [-0.4, -0.2) is 24.8 Å². The van der Waals surface area contributed by atoms with Crippen LogP contribution >= 0.6 is 0 Å². The van der Waals surface area contributed by atoms with Gasteiger partial charge in [-0.15, -0.1) is 0 Å². The predicted octanol–water partition coefficient (Wildman–Crippen LogP) is 10.0. The summed E-state index contributed by atoms with van der Waals surface area (Å²) < 4.78 is 10.7. The van der Waals surface area contributed by atoms with Crippen molar-refractivity contribution in [2.75, 3.05) is 0 Å². The molecule has 200 valence electrons. The van der Waals surface area contributed by atoms with E-state index in [9.17, 15) is 4.79 Å². The summed E-state index contributed by atoms with van der Waals surface area (Å²) in [6.07, 6.45) is 19.4. The van der Waals surface area contributed by atoms with E-state index in [2.05, 4.69) is 60.6 Å². The van der Waals surface area contributed by atoms with Gasteiger partial charge in [-0.3, -0.25) is 0 Å². The normalized spacial score (nSPS) is 30.9. The van der Waals surface area contributed by atoms with Gasteiger partial charge in [0, 0.05) is 0 Å². The summed E-state index contributed by atoms with van der Waals surface area (Å²) in [6.45, 7) is 16.4. The van der Waals surface area contributed by atoms with Crippen molar-refractivity contribution < 1.29 is 7.87 Å². The van der Waals surface area contributed by atoms with E-state index >= 15 is 0 Å². The van der Waals surface area contributed by atoms with Gasteiger partial charge in [0.15, 0.2) is 0 Å². The fourth-order valence-electron chi connectivity index (χ4n) is 7.93. The van der Waals surface area contributed by atoms with E-state index in [-0.39, 0.29) is 16.8 Å². The third-order valence-electron chi connectivity index (χ3n) is 10.3. The number of hydrogen-bond acceptors (Lipinski definition) is 2. The molecule has 0 N–H and O–H groups in total. The summed E-state index contributed by atoms with van der Waals surface area (Å²) in [5.74, 6) is 1.90. The number of fused-ring (bicyclic) bond motifs is 3. The van der Waals surface area contributed by atoms with E-state index in [1.807, 2.05) is 0 Å². The third-order valence-corrected chi connectivity index (χ3v) is 22.9. The third kappa shape index (κ3) is 6.25. The molecule has 35 heavy (non-hydrogen) atoms. The molecule has 3 aliphatic carbocycles. The Bertz CT molecular complexity index is 759. The first kappa shape index (κ1) is 29.3. The Morgan fingerprint density at radius 3 is 2.17 bits per heavy atom. The number of carbonyl (C=O) groups excluding carboxylic acids is 1. The van der Waals surface area contributed by atoms with Crippen molar-refractivity contribution in [2.45, 2.75) is 139 Å². The number of carbonyl (C=O) groups is 1. The Hall–Kier alpha value is -0.251. The van der Waals surface area contributed by atoms with Gasteiger partial charge in [0.25, 0.3) is 0 Å². The van der Waals surface area contributed by atoms with E-state index < -0.39 is 18.8 Å². The Balaban J connectivity index is 1.89. The molecule has 0 amide bonds. The first-order chi connectivity index (χ1) is 16.7. The molecule has 1 fully saturated rings. The van der Waals surface area contributed by atoms with Gasteiger partial charge >= 0.3 is 223 Å². The number of allylic oxidation sites excluding steroid dienone is 4.